The van der Waals surface area contributed by atoms with Crippen LogP contribution in [-0.4, -0.2) is 68.9 Å². The van der Waals surface area contributed by atoms with Gasteiger partial charge in [-0.25, -0.2) is 4.79 Å². The summed E-state index contributed by atoms with van der Waals surface area (Å²) in [6.45, 7) is 13.4. The number of anilines is 1. The number of carbonyl (C=O) groups is 1. The van der Waals surface area contributed by atoms with Crippen LogP contribution in [0.15, 0.2) is 29.3 Å². The second-order valence-corrected chi connectivity index (χ2v) is 8.22. The molecule has 1 heterocycles. The molecule has 9 heteroatoms. The number of morpholine rings is 1. The molecule has 176 valence electrons. The quantitative estimate of drug-likeness (QED) is 0.229. The van der Waals surface area contributed by atoms with Crippen LogP contribution in [0, 0.1) is 5.92 Å². The van der Waals surface area contributed by atoms with Gasteiger partial charge in [0.1, 0.15) is 0 Å². The molecule has 4 N–H and O–H groups in total. The molecule has 0 saturated carbocycles. The molecule has 1 aliphatic rings. The zero-order chi connectivity index (χ0) is 21.9. The van der Waals surface area contributed by atoms with E-state index < -0.39 is 0 Å². The van der Waals surface area contributed by atoms with Crippen LogP contribution >= 0.6 is 24.0 Å². The third kappa shape index (κ3) is 10.0. The maximum Gasteiger partial charge on any atom is 0.319 e. The lowest BCUT2D eigenvalue weighted by Crippen LogP contribution is -2.52. The molecule has 0 aromatic heterocycles. The number of hydrogen-bond donors (Lipinski definition) is 4. The second kappa shape index (κ2) is 14.5. The van der Waals surface area contributed by atoms with E-state index in [0.717, 1.165) is 50.1 Å². The van der Waals surface area contributed by atoms with E-state index in [0.29, 0.717) is 18.5 Å². The highest BCUT2D eigenvalue weighted by molar-refractivity contribution is 14.0. The van der Waals surface area contributed by atoms with Crippen LogP contribution in [0.25, 0.3) is 0 Å². The Hall–Kier alpha value is -1.59. The first-order chi connectivity index (χ1) is 14.4. The number of amides is 2. The van der Waals surface area contributed by atoms with Crippen molar-refractivity contribution in [3.05, 3.63) is 29.8 Å². The van der Waals surface area contributed by atoms with Crippen molar-refractivity contribution >= 4 is 41.7 Å². The predicted octanol–water partition coefficient (Wildman–Crippen LogP) is 2.86. The highest BCUT2D eigenvalue weighted by atomic mass is 127. The lowest BCUT2D eigenvalue weighted by atomic mass is 10.0. The average Bonchev–Trinajstić information content (AvgIpc) is 2.71. The molecule has 1 unspecified atom stereocenters. The number of urea groups is 1. The summed E-state index contributed by atoms with van der Waals surface area (Å²) in [7, 11) is 1.79. The number of rotatable bonds is 8. The summed E-state index contributed by atoms with van der Waals surface area (Å²) in [5.74, 6) is 1.33. The number of guanidine groups is 1. The Morgan fingerprint density at radius 1 is 1.10 bits per heavy atom. The number of benzene rings is 1. The normalized spacial score (nSPS) is 15.9. The van der Waals surface area contributed by atoms with Gasteiger partial charge in [-0.3, -0.25) is 9.89 Å². The number of ether oxygens (including phenoxy) is 1. The first-order valence-electron chi connectivity index (χ1n) is 10.8. The summed E-state index contributed by atoms with van der Waals surface area (Å²) in [5, 5.41) is 12.5. The van der Waals surface area contributed by atoms with E-state index >= 15 is 0 Å². The fourth-order valence-electron chi connectivity index (χ4n) is 3.44. The van der Waals surface area contributed by atoms with Gasteiger partial charge in [0.25, 0.3) is 0 Å². The van der Waals surface area contributed by atoms with E-state index in [9.17, 15) is 4.79 Å². The second-order valence-electron chi connectivity index (χ2n) is 8.22. The van der Waals surface area contributed by atoms with Crippen molar-refractivity contribution in [2.75, 3.05) is 45.2 Å². The van der Waals surface area contributed by atoms with Gasteiger partial charge in [0.05, 0.1) is 13.2 Å². The van der Waals surface area contributed by atoms with E-state index in [2.05, 4.69) is 45.0 Å². The molecular formula is C22H39IN6O2. The van der Waals surface area contributed by atoms with Crippen LogP contribution in [0.5, 0.6) is 0 Å². The molecule has 31 heavy (non-hydrogen) atoms. The molecule has 0 bridgehead atoms. The Labute approximate surface area is 204 Å². The number of nitrogens with zero attached hydrogens (tertiary/aromatic N) is 2. The highest BCUT2D eigenvalue weighted by Crippen LogP contribution is 2.12. The first kappa shape index (κ1) is 27.4. The molecular weight excluding hydrogens is 507 g/mol. The average molecular weight is 546 g/mol. The Balaban J connectivity index is 0.00000480. The molecule has 1 aromatic rings. The summed E-state index contributed by atoms with van der Waals surface area (Å²) >= 11 is 0. The van der Waals surface area contributed by atoms with Crippen LogP contribution in [0.4, 0.5) is 10.5 Å². The maximum absolute atomic E-state index is 11.8. The summed E-state index contributed by atoms with van der Waals surface area (Å²) in [6.07, 6.45) is 0. The monoisotopic (exact) mass is 546 g/mol. The van der Waals surface area contributed by atoms with Crippen molar-refractivity contribution in [2.45, 2.75) is 46.3 Å². The van der Waals surface area contributed by atoms with Crippen molar-refractivity contribution in [1.82, 2.24) is 20.9 Å². The number of carbonyl (C=O) groups excluding carboxylic acids is 1. The Kier molecular flexibility index (Phi) is 12.8. The minimum Gasteiger partial charge on any atom is -0.379 e. The van der Waals surface area contributed by atoms with Gasteiger partial charge < -0.3 is 26.0 Å². The summed E-state index contributed by atoms with van der Waals surface area (Å²) < 4.78 is 5.49. The molecule has 1 saturated heterocycles. The Morgan fingerprint density at radius 2 is 1.74 bits per heavy atom. The smallest absolute Gasteiger partial charge is 0.319 e. The largest absolute Gasteiger partial charge is 0.379 e. The van der Waals surface area contributed by atoms with Gasteiger partial charge in [-0.05, 0) is 37.5 Å². The Morgan fingerprint density at radius 3 is 2.29 bits per heavy atom. The molecule has 2 rings (SSSR count). The van der Waals surface area contributed by atoms with Gasteiger partial charge in [0.15, 0.2) is 5.96 Å². The molecule has 8 nitrogen and oxygen atoms in total. The molecule has 1 fully saturated rings. The highest BCUT2D eigenvalue weighted by Gasteiger charge is 2.23. The van der Waals surface area contributed by atoms with E-state index in [4.69, 9.17) is 4.74 Å². The first-order valence-corrected chi connectivity index (χ1v) is 10.8. The molecule has 2 amide bonds. The fraction of sp³-hybridized carbons (Fsp3) is 0.636. The standard InChI is InChI=1S/C22H38N6O2.HI/c1-16(2)20(28-10-12-30-13-11-28)15-25-21(23-5)24-14-18-6-8-19(9-7-18)27-22(29)26-17(3)4;/h6-9,16-17,20H,10-15H2,1-5H3,(H2,23,24,25)(H2,26,27,29);1H. The topological polar surface area (TPSA) is 90.0 Å². The molecule has 1 aromatic carbocycles. The zero-order valence-electron chi connectivity index (χ0n) is 19.4. The van der Waals surface area contributed by atoms with E-state index in [1.54, 1.807) is 7.05 Å². The molecule has 0 spiro atoms. The summed E-state index contributed by atoms with van der Waals surface area (Å²) in [6, 6.07) is 8.15. The van der Waals surface area contributed by atoms with E-state index in [-0.39, 0.29) is 36.0 Å². The van der Waals surface area contributed by atoms with Crippen LogP contribution in [0.3, 0.4) is 0 Å². The third-order valence-electron chi connectivity index (χ3n) is 5.08. The third-order valence-corrected chi connectivity index (χ3v) is 5.08. The lowest BCUT2D eigenvalue weighted by molar-refractivity contribution is 0.00752. The molecule has 1 aliphatic heterocycles. The Bertz CT molecular complexity index is 675. The lowest BCUT2D eigenvalue weighted by Gasteiger charge is -2.37. The van der Waals surface area contributed by atoms with Crippen LogP contribution in [0.1, 0.15) is 33.3 Å². The SMILES string of the molecule is CN=C(NCc1ccc(NC(=O)NC(C)C)cc1)NCC(C(C)C)N1CCOCC1.I. The van der Waals surface area contributed by atoms with Crippen molar-refractivity contribution in [3.63, 3.8) is 0 Å². The minimum atomic E-state index is -0.194. The van der Waals surface area contributed by atoms with Gasteiger partial charge in [-0.2, -0.15) is 0 Å². The van der Waals surface area contributed by atoms with Gasteiger partial charge in [-0.1, -0.05) is 26.0 Å². The van der Waals surface area contributed by atoms with Gasteiger partial charge in [0, 0.05) is 51.0 Å². The van der Waals surface area contributed by atoms with E-state index in [1.807, 2.05) is 38.1 Å². The number of aliphatic imine (C=N–C) groups is 1. The molecule has 0 radical (unpaired) electrons. The zero-order valence-corrected chi connectivity index (χ0v) is 21.7. The maximum atomic E-state index is 11.8. The van der Waals surface area contributed by atoms with Gasteiger partial charge >= 0.3 is 6.03 Å². The predicted molar refractivity (Wildman–Crippen MR) is 138 cm³/mol. The van der Waals surface area contributed by atoms with E-state index in [1.165, 1.54) is 0 Å². The number of nitrogens with one attached hydrogen (secondary N) is 4. The fourth-order valence-corrected chi connectivity index (χ4v) is 3.44. The summed E-state index contributed by atoms with van der Waals surface area (Å²) in [4.78, 5) is 18.6. The van der Waals surface area contributed by atoms with Crippen molar-refractivity contribution in [1.29, 1.82) is 0 Å². The van der Waals surface area contributed by atoms with Crippen LogP contribution < -0.4 is 21.3 Å². The molecule has 0 aliphatic carbocycles. The molecule has 1 atom stereocenters. The van der Waals surface area contributed by atoms with Crippen LogP contribution in [0.2, 0.25) is 0 Å². The van der Waals surface area contributed by atoms with Gasteiger partial charge in [-0.15, -0.1) is 24.0 Å². The number of halogens is 1. The van der Waals surface area contributed by atoms with Crippen molar-refractivity contribution in [2.24, 2.45) is 10.9 Å². The van der Waals surface area contributed by atoms with Crippen LogP contribution in [-0.2, 0) is 11.3 Å². The summed E-state index contributed by atoms with van der Waals surface area (Å²) in [5.41, 5.74) is 1.88. The minimum absolute atomic E-state index is 0. The number of hydrogen-bond acceptors (Lipinski definition) is 4. The van der Waals surface area contributed by atoms with Crippen molar-refractivity contribution in [3.8, 4) is 0 Å². The van der Waals surface area contributed by atoms with Gasteiger partial charge in [0.2, 0.25) is 0 Å². The van der Waals surface area contributed by atoms with Crippen molar-refractivity contribution < 1.29 is 9.53 Å².